The highest BCUT2D eigenvalue weighted by Crippen LogP contribution is 2.41. The fourth-order valence-corrected chi connectivity index (χ4v) is 4.21. The van der Waals surface area contributed by atoms with Crippen LogP contribution in [0.25, 0.3) is 6.08 Å². The number of thioether (sulfide) groups is 1. The van der Waals surface area contributed by atoms with Gasteiger partial charge in [-0.2, -0.15) is 0 Å². The molecule has 10 heteroatoms. The summed E-state index contributed by atoms with van der Waals surface area (Å²) in [4.78, 5) is 25.1. The Morgan fingerprint density at radius 2 is 2.10 bits per heavy atom. The molecule has 150 valence electrons. The molecular formula is C19H15ClN2O5S2. The van der Waals surface area contributed by atoms with Crippen LogP contribution < -0.4 is 14.4 Å². The molecule has 0 radical (unpaired) electrons. The van der Waals surface area contributed by atoms with Gasteiger partial charge in [-0.25, -0.2) is 0 Å². The van der Waals surface area contributed by atoms with Crippen LogP contribution in [-0.2, 0) is 4.79 Å². The molecule has 0 aliphatic carbocycles. The number of ether oxygens (including phenoxy) is 2. The highest BCUT2D eigenvalue weighted by Gasteiger charge is 2.35. The Balaban J connectivity index is 2.01. The lowest BCUT2D eigenvalue weighted by atomic mass is 10.1. The van der Waals surface area contributed by atoms with E-state index in [2.05, 4.69) is 0 Å². The van der Waals surface area contributed by atoms with E-state index in [0.29, 0.717) is 28.6 Å². The molecule has 1 aliphatic rings. The van der Waals surface area contributed by atoms with Gasteiger partial charge < -0.3 is 9.47 Å². The van der Waals surface area contributed by atoms with E-state index in [-0.39, 0.29) is 20.7 Å². The first-order valence-corrected chi connectivity index (χ1v) is 9.99. The summed E-state index contributed by atoms with van der Waals surface area (Å²) >= 11 is 12.6. The smallest absolute Gasteiger partial charge is 0.271 e. The van der Waals surface area contributed by atoms with Crippen molar-refractivity contribution in [3.8, 4) is 11.5 Å². The van der Waals surface area contributed by atoms with Gasteiger partial charge in [0, 0.05) is 17.7 Å². The average molecular weight is 451 g/mol. The SMILES string of the molecule is CCOc1cccc(/C=C2\SC(=S)N(c3cc([N+](=O)[O-])ccc3Cl)C2=O)c1OC. The molecular weight excluding hydrogens is 436 g/mol. The summed E-state index contributed by atoms with van der Waals surface area (Å²) in [6.07, 6.45) is 1.64. The van der Waals surface area contributed by atoms with E-state index in [9.17, 15) is 14.9 Å². The van der Waals surface area contributed by atoms with E-state index in [4.69, 9.17) is 33.3 Å². The number of hydrogen-bond donors (Lipinski definition) is 0. The third-order valence-corrected chi connectivity index (χ3v) is 5.60. The first-order valence-electron chi connectivity index (χ1n) is 8.39. The Hall–Kier alpha value is -2.62. The van der Waals surface area contributed by atoms with Gasteiger partial charge in [0.2, 0.25) is 0 Å². The third kappa shape index (κ3) is 4.21. The van der Waals surface area contributed by atoms with Crippen molar-refractivity contribution >= 4 is 63.3 Å². The number of thiocarbonyl (C=S) groups is 1. The van der Waals surface area contributed by atoms with Crippen molar-refractivity contribution in [2.75, 3.05) is 18.6 Å². The van der Waals surface area contributed by atoms with Gasteiger partial charge in [0.05, 0.1) is 34.3 Å². The number of carbonyl (C=O) groups excluding carboxylic acids is 1. The van der Waals surface area contributed by atoms with Crippen molar-refractivity contribution in [3.63, 3.8) is 0 Å². The zero-order valence-corrected chi connectivity index (χ0v) is 17.8. The van der Waals surface area contributed by atoms with Gasteiger partial charge >= 0.3 is 0 Å². The standard InChI is InChI=1S/C19H15ClN2O5S2/c1-3-27-15-6-4-5-11(17(15)26-2)9-16-18(23)21(19(28)29-16)14-10-12(22(24)25)7-8-13(14)20/h4-10H,3H2,1-2H3/b16-9-. The van der Waals surface area contributed by atoms with Crippen molar-refractivity contribution in [1.82, 2.24) is 0 Å². The number of anilines is 1. The van der Waals surface area contributed by atoms with E-state index in [1.54, 1.807) is 24.3 Å². The van der Waals surface area contributed by atoms with Crippen LogP contribution in [0.1, 0.15) is 12.5 Å². The van der Waals surface area contributed by atoms with Crippen LogP contribution in [0.15, 0.2) is 41.3 Å². The van der Waals surface area contributed by atoms with Crippen molar-refractivity contribution in [2.24, 2.45) is 0 Å². The Labute approximate surface area is 181 Å². The summed E-state index contributed by atoms with van der Waals surface area (Å²) in [7, 11) is 1.52. The number of nitrogens with zero attached hydrogens (tertiary/aromatic N) is 2. The monoisotopic (exact) mass is 450 g/mol. The third-order valence-electron chi connectivity index (χ3n) is 3.98. The topological polar surface area (TPSA) is 81.9 Å². The van der Waals surface area contributed by atoms with Crippen LogP contribution in [-0.4, -0.2) is 28.9 Å². The molecule has 3 rings (SSSR count). The zero-order valence-electron chi connectivity index (χ0n) is 15.4. The molecule has 0 spiro atoms. The van der Waals surface area contributed by atoms with Gasteiger partial charge in [0.25, 0.3) is 11.6 Å². The highest BCUT2D eigenvalue weighted by atomic mass is 35.5. The Kier molecular flexibility index (Phi) is 6.41. The largest absolute Gasteiger partial charge is 0.492 e. The van der Waals surface area contributed by atoms with Gasteiger partial charge in [-0.1, -0.05) is 47.7 Å². The van der Waals surface area contributed by atoms with Crippen molar-refractivity contribution in [2.45, 2.75) is 6.92 Å². The molecule has 0 atom stereocenters. The summed E-state index contributed by atoms with van der Waals surface area (Å²) in [5, 5.41) is 11.3. The fourth-order valence-electron chi connectivity index (χ4n) is 2.74. The van der Waals surface area contributed by atoms with E-state index in [1.165, 1.54) is 30.2 Å². The Morgan fingerprint density at radius 3 is 2.76 bits per heavy atom. The van der Waals surface area contributed by atoms with Crippen LogP contribution in [0.3, 0.4) is 0 Å². The number of nitro benzene ring substituents is 1. The number of nitro groups is 1. The molecule has 1 heterocycles. The zero-order chi connectivity index (χ0) is 21.1. The highest BCUT2D eigenvalue weighted by molar-refractivity contribution is 8.27. The second-order valence-corrected chi connectivity index (χ2v) is 7.80. The molecule has 1 amide bonds. The normalized spacial score (nSPS) is 15.1. The van der Waals surface area contributed by atoms with Crippen molar-refractivity contribution in [3.05, 3.63) is 62.0 Å². The van der Waals surface area contributed by atoms with Gasteiger partial charge in [0.15, 0.2) is 15.8 Å². The Morgan fingerprint density at radius 1 is 1.34 bits per heavy atom. The molecule has 2 aromatic rings. The second-order valence-electron chi connectivity index (χ2n) is 5.72. The van der Waals surface area contributed by atoms with Crippen LogP contribution in [0.2, 0.25) is 5.02 Å². The number of para-hydroxylation sites is 1. The number of non-ortho nitro benzene ring substituents is 1. The molecule has 1 saturated heterocycles. The minimum atomic E-state index is -0.558. The van der Waals surface area contributed by atoms with E-state index in [0.717, 1.165) is 11.8 Å². The van der Waals surface area contributed by atoms with Crippen LogP contribution in [0, 0.1) is 10.1 Å². The summed E-state index contributed by atoms with van der Waals surface area (Å²) in [5.74, 6) is 0.625. The van der Waals surface area contributed by atoms with E-state index < -0.39 is 10.8 Å². The summed E-state index contributed by atoms with van der Waals surface area (Å²) < 4.78 is 11.2. The molecule has 0 bridgehead atoms. The number of carbonyl (C=O) groups is 1. The van der Waals surface area contributed by atoms with Crippen LogP contribution in [0.5, 0.6) is 11.5 Å². The molecule has 2 aromatic carbocycles. The predicted octanol–water partition coefficient (Wildman–Crippen LogP) is 5.06. The number of methoxy groups -OCH3 is 1. The molecule has 0 aromatic heterocycles. The minimum Gasteiger partial charge on any atom is -0.492 e. The lowest BCUT2D eigenvalue weighted by Crippen LogP contribution is -2.27. The number of amides is 1. The minimum absolute atomic E-state index is 0.168. The van der Waals surface area contributed by atoms with Crippen molar-refractivity contribution < 1.29 is 19.2 Å². The number of hydrogen-bond acceptors (Lipinski definition) is 7. The maximum atomic E-state index is 13.0. The maximum absolute atomic E-state index is 13.0. The summed E-state index contributed by atoms with van der Waals surface area (Å²) in [5.41, 5.74) is 0.624. The molecule has 1 fully saturated rings. The molecule has 7 nitrogen and oxygen atoms in total. The van der Waals surface area contributed by atoms with Gasteiger partial charge in [0.1, 0.15) is 0 Å². The summed E-state index contributed by atoms with van der Waals surface area (Å²) in [6, 6.07) is 9.21. The quantitative estimate of drug-likeness (QED) is 0.263. The number of halogens is 1. The van der Waals surface area contributed by atoms with Crippen LogP contribution in [0.4, 0.5) is 11.4 Å². The predicted molar refractivity (Wildman–Crippen MR) is 118 cm³/mol. The lowest BCUT2D eigenvalue weighted by Gasteiger charge is -2.16. The molecule has 0 N–H and O–H groups in total. The summed E-state index contributed by atoms with van der Waals surface area (Å²) in [6.45, 7) is 2.33. The van der Waals surface area contributed by atoms with E-state index in [1.807, 2.05) is 6.92 Å². The van der Waals surface area contributed by atoms with Gasteiger partial charge in [-0.15, -0.1) is 0 Å². The van der Waals surface area contributed by atoms with Crippen LogP contribution >= 0.6 is 35.6 Å². The number of benzene rings is 2. The number of rotatable bonds is 6. The second kappa shape index (κ2) is 8.81. The van der Waals surface area contributed by atoms with Gasteiger partial charge in [-0.05, 0) is 25.1 Å². The lowest BCUT2D eigenvalue weighted by molar-refractivity contribution is -0.384. The van der Waals surface area contributed by atoms with Gasteiger partial charge in [-0.3, -0.25) is 19.8 Å². The maximum Gasteiger partial charge on any atom is 0.271 e. The molecule has 29 heavy (non-hydrogen) atoms. The van der Waals surface area contributed by atoms with E-state index >= 15 is 0 Å². The molecule has 1 aliphatic heterocycles. The first-order chi connectivity index (χ1) is 13.9. The average Bonchev–Trinajstić information content (AvgIpc) is 2.96. The molecule has 0 saturated carbocycles. The molecule has 0 unspecified atom stereocenters. The fraction of sp³-hybridized carbons (Fsp3) is 0.158. The van der Waals surface area contributed by atoms with Crippen molar-refractivity contribution in [1.29, 1.82) is 0 Å². The first kappa shape index (κ1) is 21.1. The Bertz CT molecular complexity index is 1040.